The molecular weight excluding hydrogens is 206 g/mol. The number of nitrogen functional groups attached to an aromatic ring is 1. The standard InChI is InChI=1S/C10H10N5O/c1-7-3-2-4-8(5-7)10(16)14-15-12-6-9(11)13-15/h2-6H,1H2,(H2,11,13)(H,14,16). The molecule has 0 atom stereocenters. The molecule has 16 heavy (non-hydrogen) atoms. The Balaban J connectivity index is 2.14. The van der Waals surface area contributed by atoms with Crippen LogP contribution in [0, 0.1) is 6.92 Å². The highest BCUT2D eigenvalue weighted by Crippen LogP contribution is 2.03. The van der Waals surface area contributed by atoms with Crippen LogP contribution in [0.3, 0.4) is 0 Å². The lowest BCUT2D eigenvalue weighted by Gasteiger charge is -2.03. The van der Waals surface area contributed by atoms with Crippen molar-refractivity contribution < 1.29 is 4.79 Å². The zero-order valence-electron chi connectivity index (χ0n) is 8.42. The normalized spacial score (nSPS) is 10.1. The van der Waals surface area contributed by atoms with Gasteiger partial charge in [0, 0.05) is 5.56 Å². The summed E-state index contributed by atoms with van der Waals surface area (Å²) in [5, 5.41) is 7.47. The van der Waals surface area contributed by atoms with E-state index in [9.17, 15) is 4.79 Å². The lowest BCUT2D eigenvalue weighted by Crippen LogP contribution is -2.25. The van der Waals surface area contributed by atoms with Crippen LogP contribution in [0.25, 0.3) is 0 Å². The average molecular weight is 216 g/mol. The summed E-state index contributed by atoms with van der Waals surface area (Å²) in [5.41, 5.74) is 9.07. The van der Waals surface area contributed by atoms with Crippen molar-refractivity contribution in [3.05, 3.63) is 48.5 Å². The minimum atomic E-state index is -0.318. The predicted octanol–water partition coefficient (Wildman–Crippen LogP) is 0.426. The number of carbonyl (C=O) groups excluding carboxylic acids is 1. The van der Waals surface area contributed by atoms with E-state index in [0.29, 0.717) is 5.56 Å². The third-order valence-corrected chi connectivity index (χ3v) is 1.90. The summed E-state index contributed by atoms with van der Waals surface area (Å²) in [6.45, 7) is 3.74. The Morgan fingerprint density at radius 3 is 2.94 bits per heavy atom. The Morgan fingerprint density at radius 1 is 1.50 bits per heavy atom. The number of amides is 1. The van der Waals surface area contributed by atoms with Gasteiger partial charge in [0.15, 0.2) is 5.82 Å². The monoisotopic (exact) mass is 216 g/mol. The maximum absolute atomic E-state index is 11.7. The fourth-order valence-corrected chi connectivity index (χ4v) is 1.20. The number of anilines is 1. The van der Waals surface area contributed by atoms with Crippen molar-refractivity contribution in [3.8, 4) is 0 Å². The molecule has 0 aliphatic heterocycles. The second-order valence-electron chi connectivity index (χ2n) is 3.20. The summed E-state index contributed by atoms with van der Waals surface area (Å²) in [6.07, 6.45) is 1.35. The van der Waals surface area contributed by atoms with Crippen molar-refractivity contribution >= 4 is 11.7 Å². The Labute approximate surface area is 92.0 Å². The van der Waals surface area contributed by atoms with Gasteiger partial charge < -0.3 is 5.73 Å². The van der Waals surface area contributed by atoms with Crippen LogP contribution >= 0.6 is 0 Å². The van der Waals surface area contributed by atoms with E-state index in [1.165, 1.54) is 6.20 Å². The van der Waals surface area contributed by atoms with Gasteiger partial charge in [0.25, 0.3) is 5.91 Å². The first-order chi connectivity index (χ1) is 7.65. The number of nitrogens with two attached hydrogens (primary N) is 1. The molecule has 6 nitrogen and oxygen atoms in total. The second-order valence-corrected chi connectivity index (χ2v) is 3.20. The van der Waals surface area contributed by atoms with Gasteiger partial charge in [-0.1, -0.05) is 17.0 Å². The van der Waals surface area contributed by atoms with Crippen LogP contribution < -0.4 is 11.2 Å². The van der Waals surface area contributed by atoms with Gasteiger partial charge in [-0.2, -0.15) is 0 Å². The van der Waals surface area contributed by atoms with Crippen LogP contribution in [0.1, 0.15) is 15.9 Å². The lowest BCUT2D eigenvalue weighted by molar-refractivity contribution is 0.100. The molecule has 1 amide bonds. The molecule has 2 aromatic rings. The molecule has 0 saturated heterocycles. The molecule has 1 radical (unpaired) electrons. The maximum atomic E-state index is 11.7. The molecule has 0 aliphatic carbocycles. The summed E-state index contributed by atoms with van der Waals surface area (Å²) >= 11 is 0. The summed E-state index contributed by atoms with van der Waals surface area (Å²) in [5.74, 6) is -0.0766. The molecule has 0 aliphatic rings. The molecule has 6 heteroatoms. The summed E-state index contributed by atoms with van der Waals surface area (Å²) in [4.78, 5) is 12.7. The van der Waals surface area contributed by atoms with E-state index in [-0.39, 0.29) is 11.7 Å². The number of hydrogen-bond donors (Lipinski definition) is 2. The van der Waals surface area contributed by atoms with Crippen LogP contribution in [-0.2, 0) is 0 Å². The second kappa shape index (κ2) is 4.01. The van der Waals surface area contributed by atoms with Crippen molar-refractivity contribution in [2.75, 3.05) is 11.2 Å². The smallest absolute Gasteiger partial charge is 0.272 e. The van der Waals surface area contributed by atoms with E-state index >= 15 is 0 Å². The van der Waals surface area contributed by atoms with Crippen molar-refractivity contribution in [1.82, 2.24) is 15.1 Å². The van der Waals surface area contributed by atoms with Gasteiger partial charge in [0.2, 0.25) is 0 Å². The van der Waals surface area contributed by atoms with E-state index in [4.69, 9.17) is 5.73 Å². The van der Waals surface area contributed by atoms with E-state index in [1.807, 2.05) is 0 Å². The largest absolute Gasteiger partial charge is 0.381 e. The first-order valence-electron chi connectivity index (χ1n) is 4.56. The number of nitrogens with zero attached hydrogens (tertiary/aromatic N) is 3. The predicted molar refractivity (Wildman–Crippen MR) is 59.0 cm³/mol. The van der Waals surface area contributed by atoms with Gasteiger partial charge in [0.1, 0.15) is 0 Å². The lowest BCUT2D eigenvalue weighted by atomic mass is 10.1. The van der Waals surface area contributed by atoms with E-state index in [0.717, 1.165) is 10.5 Å². The van der Waals surface area contributed by atoms with Crippen molar-refractivity contribution in [3.63, 3.8) is 0 Å². The molecule has 0 fully saturated rings. The quantitative estimate of drug-likeness (QED) is 0.762. The Kier molecular flexibility index (Phi) is 2.55. The van der Waals surface area contributed by atoms with E-state index in [1.54, 1.807) is 24.3 Å². The number of nitrogens with one attached hydrogen (secondary N) is 1. The molecule has 2 rings (SSSR count). The maximum Gasteiger partial charge on any atom is 0.272 e. The van der Waals surface area contributed by atoms with Gasteiger partial charge in [0.05, 0.1) is 6.20 Å². The van der Waals surface area contributed by atoms with E-state index in [2.05, 4.69) is 22.5 Å². The summed E-state index contributed by atoms with van der Waals surface area (Å²) in [6, 6.07) is 6.90. The Bertz CT molecular complexity index is 519. The first kappa shape index (κ1) is 10.2. The fourth-order valence-electron chi connectivity index (χ4n) is 1.20. The van der Waals surface area contributed by atoms with Gasteiger partial charge in [-0.05, 0) is 24.6 Å². The highest BCUT2D eigenvalue weighted by molar-refractivity contribution is 5.99. The van der Waals surface area contributed by atoms with E-state index < -0.39 is 0 Å². The highest BCUT2D eigenvalue weighted by Gasteiger charge is 2.06. The summed E-state index contributed by atoms with van der Waals surface area (Å²) in [7, 11) is 0. The molecular formula is C10H10N5O. The van der Waals surface area contributed by atoms with Crippen LogP contribution in [0.5, 0.6) is 0 Å². The van der Waals surface area contributed by atoms with Crippen LogP contribution in [0.2, 0.25) is 0 Å². The van der Waals surface area contributed by atoms with Crippen molar-refractivity contribution in [2.24, 2.45) is 0 Å². The number of hydrogen-bond acceptors (Lipinski definition) is 4. The SMILES string of the molecule is [CH2]c1cccc(C(=O)Nn2ncc(N)n2)c1. The molecule has 0 unspecified atom stereocenters. The van der Waals surface area contributed by atoms with Crippen LogP contribution in [-0.4, -0.2) is 21.0 Å². The first-order valence-corrected chi connectivity index (χ1v) is 4.56. The highest BCUT2D eigenvalue weighted by atomic mass is 16.2. The van der Waals surface area contributed by atoms with Crippen LogP contribution in [0.4, 0.5) is 5.82 Å². The van der Waals surface area contributed by atoms with Gasteiger partial charge in [-0.3, -0.25) is 4.79 Å². The van der Waals surface area contributed by atoms with Gasteiger partial charge in [-0.25, -0.2) is 5.43 Å². The molecule has 1 aromatic carbocycles. The Hall–Kier alpha value is -2.37. The molecule has 0 spiro atoms. The molecule has 0 bridgehead atoms. The average Bonchev–Trinajstić information content (AvgIpc) is 2.64. The summed E-state index contributed by atoms with van der Waals surface area (Å²) < 4.78 is 0. The molecule has 1 heterocycles. The minimum absolute atomic E-state index is 0.242. The number of benzene rings is 1. The van der Waals surface area contributed by atoms with Crippen LogP contribution in [0.15, 0.2) is 30.5 Å². The molecule has 1 aromatic heterocycles. The minimum Gasteiger partial charge on any atom is -0.381 e. The van der Waals surface area contributed by atoms with Gasteiger partial charge in [-0.15, -0.1) is 10.2 Å². The Morgan fingerprint density at radius 2 is 2.31 bits per heavy atom. The zero-order chi connectivity index (χ0) is 11.5. The van der Waals surface area contributed by atoms with Gasteiger partial charge >= 0.3 is 0 Å². The number of carbonyl (C=O) groups is 1. The zero-order valence-corrected chi connectivity index (χ0v) is 8.42. The molecule has 3 N–H and O–H groups in total. The van der Waals surface area contributed by atoms with Crippen molar-refractivity contribution in [2.45, 2.75) is 0 Å². The number of aromatic nitrogens is 3. The third kappa shape index (κ3) is 2.17. The topological polar surface area (TPSA) is 85.8 Å². The molecule has 0 saturated carbocycles. The third-order valence-electron chi connectivity index (χ3n) is 1.90. The number of rotatable bonds is 2. The van der Waals surface area contributed by atoms with Crippen molar-refractivity contribution in [1.29, 1.82) is 0 Å². The molecule has 81 valence electrons. The fraction of sp³-hybridized carbons (Fsp3) is 0.